The normalized spacial score (nSPS) is 26.9. The molecule has 0 N–H and O–H groups in total. The van der Waals surface area contributed by atoms with Crippen molar-refractivity contribution in [2.75, 3.05) is 0 Å². The molecular formula is C20H14ClNO3S. The summed E-state index contributed by atoms with van der Waals surface area (Å²) in [6.07, 6.45) is 8.58. The summed E-state index contributed by atoms with van der Waals surface area (Å²) in [5.74, 6) is -0.206. The Kier molecular flexibility index (Phi) is 3.46. The fraction of sp³-hybridized carbons (Fsp3) is 0.250. The Hall–Kier alpha value is -2.24. The summed E-state index contributed by atoms with van der Waals surface area (Å²) in [7, 11) is 0. The third-order valence-corrected chi connectivity index (χ3v) is 6.76. The number of alkyl halides is 1. The number of nitrogens with zero attached hydrogens (tertiary/aromatic N) is 1. The number of aromatic nitrogens is 1. The lowest BCUT2D eigenvalue weighted by Gasteiger charge is -2.34. The predicted molar refractivity (Wildman–Crippen MR) is 99.3 cm³/mol. The zero-order valence-corrected chi connectivity index (χ0v) is 15.3. The lowest BCUT2D eigenvalue weighted by Crippen LogP contribution is -2.34. The molecule has 5 rings (SSSR count). The minimum absolute atomic E-state index is 0.107. The van der Waals surface area contributed by atoms with Crippen molar-refractivity contribution in [2.45, 2.75) is 30.2 Å². The van der Waals surface area contributed by atoms with Gasteiger partial charge in [0, 0.05) is 46.8 Å². The van der Waals surface area contributed by atoms with Gasteiger partial charge < -0.3 is 4.74 Å². The number of esters is 1. The van der Waals surface area contributed by atoms with Crippen molar-refractivity contribution in [1.82, 2.24) is 4.98 Å². The summed E-state index contributed by atoms with van der Waals surface area (Å²) >= 11 is 7.65. The van der Waals surface area contributed by atoms with Gasteiger partial charge in [-0.2, -0.15) is 0 Å². The first kappa shape index (κ1) is 16.0. The molecule has 2 aromatic rings. The Bertz CT molecular complexity index is 1010. The van der Waals surface area contributed by atoms with Gasteiger partial charge >= 0.3 is 5.97 Å². The average molecular weight is 384 g/mol. The maximum absolute atomic E-state index is 12.6. The number of ketones is 1. The van der Waals surface area contributed by atoms with Crippen LogP contribution in [-0.2, 0) is 15.1 Å². The highest BCUT2D eigenvalue weighted by molar-refractivity contribution is 7.17. The van der Waals surface area contributed by atoms with Crippen LogP contribution in [0.25, 0.3) is 10.4 Å². The fourth-order valence-corrected chi connectivity index (χ4v) is 5.43. The Morgan fingerprint density at radius 2 is 2.08 bits per heavy atom. The van der Waals surface area contributed by atoms with E-state index < -0.39 is 5.60 Å². The molecule has 0 amide bonds. The van der Waals surface area contributed by atoms with E-state index in [4.69, 9.17) is 16.3 Å². The van der Waals surface area contributed by atoms with Gasteiger partial charge in [0.2, 0.25) is 0 Å². The number of carbonyl (C=O) groups excluding carboxylic acids is 2. The van der Waals surface area contributed by atoms with Gasteiger partial charge in [0.1, 0.15) is 0 Å². The third-order valence-electron chi connectivity index (χ3n) is 5.23. The van der Waals surface area contributed by atoms with Crippen molar-refractivity contribution in [3.05, 3.63) is 64.3 Å². The molecule has 0 radical (unpaired) electrons. The minimum Gasteiger partial charge on any atom is -0.446 e. The van der Waals surface area contributed by atoms with Crippen molar-refractivity contribution in [2.24, 2.45) is 0 Å². The summed E-state index contributed by atoms with van der Waals surface area (Å²) < 4.78 is 5.93. The second-order valence-electron chi connectivity index (χ2n) is 6.70. The molecular weight excluding hydrogens is 370 g/mol. The number of pyridine rings is 1. The molecule has 1 spiro atoms. The van der Waals surface area contributed by atoms with Crippen molar-refractivity contribution in [1.29, 1.82) is 0 Å². The first-order valence-corrected chi connectivity index (χ1v) is 9.71. The van der Waals surface area contributed by atoms with E-state index in [2.05, 4.69) is 4.98 Å². The Morgan fingerprint density at radius 3 is 2.88 bits per heavy atom. The molecule has 0 bridgehead atoms. The van der Waals surface area contributed by atoms with Gasteiger partial charge in [-0.15, -0.1) is 22.9 Å². The largest absolute Gasteiger partial charge is 0.446 e. The van der Waals surface area contributed by atoms with Gasteiger partial charge in [-0.05, 0) is 30.2 Å². The van der Waals surface area contributed by atoms with E-state index in [0.717, 1.165) is 21.6 Å². The molecule has 3 heterocycles. The second kappa shape index (κ2) is 5.63. The Labute approximate surface area is 159 Å². The average Bonchev–Trinajstić information content (AvgIpc) is 3.22. The second-order valence-corrected chi connectivity index (χ2v) is 8.31. The highest BCUT2D eigenvalue weighted by Crippen LogP contribution is 2.54. The van der Waals surface area contributed by atoms with Gasteiger partial charge in [-0.1, -0.05) is 12.2 Å². The highest BCUT2D eigenvalue weighted by atomic mass is 35.5. The number of allylic oxidation sites excluding steroid dienone is 1. The molecule has 26 heavy (non-hydrogen) atoms. The van der Waals surface area contributed by atoms with Gasteiger partial charge in [-0.25, -0.2) is 4.79 Å². The molecule has 3 aliphatic rings. The zero-order valence-electron chi connectivity index (χ0n) is 13.7. The van der Waals surface area contributed by atoms with Crippen LogP contribution in [0, 0.1) is 0 Å². The lowest BCUT2D eigenvalue weighted by atomic mass is 9.75. The SMILES string of the molecule is O=C1OC2(CCC(=O)c3sc(-c4ccncc4)cc32)C2=C1CC(Cl)C=C2. The molecule has 2 aliphatic carbocycles. The predicted octanol–water partition coefficient (Wildman–Crippen LogP) is 4.40. The number of halogens is 1. The van der Waals surface area contributed by atoms with E-state index in [1.165, 1.54) is 11.3 Å². The molecule has 4 nitrogen and oxygen atoms in total. The number of hydrogen-bond acceptors (Lipinski definition) is 5. The van der Waals surface area contributed by atoms with Crippen LogP contribution in [0.15, 0.2) is 53.9 Å². The number of carbonyl (C=O) groups is 2. The molecule has 0 fully saturated rings. The Balaban J connectivity index is 1.70. The maximum atomic E-state index is 12.6. The number of hydrogen-bond donors (Lipinski definition) is 0. The van der Waals surface area contributed by atoms with Crippen molar-refractivity contribution < 1.29 is 14.3 Å². The molecule has 1 aliphatic heterocycles. The van der Waals surface area contributed by atoms with Crippen LogP contribution < -0.4 is 0 Å². The smallest absolute Gasteiger partial charge is 0.335 e. The molecule has 0 saturated carbocycles. The van der Waals surface area contributed by atoms with Gasteiger partial charge in [0.05, 0.1) is 10.3 Å². The number of ether oxygens (including phenoxy) is 1. The monoisotopic (exact) mass is 383 g/mol. The summed E-state index contributed by atoms with van der Waals surface area (Å²) in [4.78, 5) is 30.8. The topological polar surface area (TPSA) is 56.3 Å². The summed E-state index contributed by atoms with van der Waals surface area (Å²) in [5, 5.41) is -0.198. The number of thiophene rings is 1. The van der Waals surface area contributed by atoms with Gasteiger partial charge in [-0.3, -0.25) is 9.78 Å². The van der Waals surface area contributed by atoms with Crippen LogP contribution in [0.5, 0.6) is 0 Å². The quantitative estimate of drug-likeness (QED) is 0.541. The molecule has 0 saturated heterocycles. The van der Waals surface area contributed by atoms with E-state index in [9.17, 15) is 9.59 Å². The standard InChI is InChI=1S/C20H14ClNO3S/c21-12-1-2-14-13(9-12)19(24)25-20(14)6-3-16(23)18-15(20)10-17(26-18)11-4-7-22-8-5-11/h1-2,4-5,7-8,10,12H,3,6,9H2. The fourth-order valence-electron chi connectivity index (χ4n) is 4.00. The van der Waals surface area contributed by atoms with Crippen molar-refractivity contribution >= 4 is 34.7 Å². The van der Waals surface area contributed by atoms with Crippen LogP contribution in [0.2, 0.25) is 0 Å². The van der Waals surface area contributed by atoms with Crippen molar-refractivity contribution in [3.8, 4) is 10.4 Å². The van der Waals surface area contributed by atoms with E-state index in [1.807, 2.05) is 30.4 Å². The summed E-state index contributed by atoms with van der Waals surface area (Å²) in [6.45, 7) is 0. The van der Waals surface area contributed by atoms with Gasteiger partial charge in [0.15, 0.2) is 11.4 Å². The first-order valence-electron chi connectivity index (χ1n) is 8.45. The third kappa shape index (κ3) is 2.17. The number of fused-ring (bicyclic) bond motifs is 3. The molecule has 2 unspecified atom stereocenters. The zero-order chi connectivity index (χ0) is 17.9. The lowest BCUT2D eigenvalue weighted by molar-refractivity contribution is -0.148. The number of Topliss-reactive ketones (excluding diaryl/α,β-unsaturated/α-hetero) is 1. The van der Waals surface area contributed by atoms with E-state index in [0.29, 0.717) is 29.7 Å². The first-order chi connectivity index (χ1) is 12.6. The maximum Gasteiger partial charge on any atom is 0.335 e. The molecule has 2 aromatic heterocycles. The summed E-state index contributed by atoms with van der Waals surface area (Å²) in [5.41, 5.74) is 2.46. The molecule has 130 valence electrons. The minimum atomic E-state index is -0.856. The van der Waals surface area contributed by atoms with Crippen LogP contribution in [0.4, 0.5) is 0 Å². The van der Waals surface area contributed by atoms with Crippen molar-refractivity contribution in [3.63, 3.8) is 0 Å². The Morgan fingerprint density at radius 1 is 1.27 bits per heavy atom. The molecule has 2 atom stereocenters. The molecule has 6 heteroatoms. The van der Waals surface area contributed by atoms with E-state index >= 15 is 0 Å². The number of rotatable bonds is 1. The van der Waals surface area contributed by atoms with Crippen LogP contribution in [-0.4, -0.2) is 22.1 Å². The van der Waals surface area contributed by atoms with Crippen LogP contribution >= 0.6 is 22.9 Å². The summed E-state index contributed by atoms with van der Waals surface area (Å²) in [6, 6.07) is 5.83. The van der Waals surface area contributed by atoms with Crippen LogP contribution in [0.1, 0.15) is 34.5 Å². The molecule has 0 aromatic carbocycles. The van der Waals surface area contributed by atoms with Crippen LogP contribution in [0.3, 0.4) is 0 Å². The highest BCUT2D eigenvalue weighted by Gasteiger charge is 2.53. The van der Waals surface area contributed by atoms with Gasteiger partial charge in [0.25, 0.3) is 0 Å². The van der Waals surface area contributed by atoms with E-state index in [1.54, 1.807) is 12.4 Å². The van der Waals surface area contributed by atoms with E-state index in [-0.39, 0.29) is 17.1 Å².